The third-order valence-electron chi connectivity index (χ3n) is 4.87. The van der Waals surface area contributed by atoms with Crippen LogP contribution in [-0.4, -0.2) is 16.7 Å². The lowest BCUT2D eigenvalue weighted by Gasteiger charge is -2.15. The van der Waals surface area contributed by atoms with Gasteiger partial charge in [0.25, 0.3) is 5.91 Å². The second-order valence-corrected chi connectivity index (χ2v) is 7.19. The van der Waals surface area contributed by atoms with E-state index >= 15 is 0 Å². The summed E-state index contributed by atoms with van der Waals surface area (Å²) in [5, 5.41) is 2.59. The summed E-state index contributed by atoms with van der Waals surface area (Å²) >= 11 is 0. The van der Waals surface area contributed by atoms with Crippen LogP contribution >= 0.6 is 0 Å². The fraction of sp³-hybridized carbons (Fsp3) is 0.0800. The van der Waals surface area contributed by atoms with E-state index < -0.39 is 11.7 Å². The molecule has 1 heterocycles. The zero-order chi connectivity index (χ0) is 22.5. The van der Waals surface area contributed by atoms with Gasteiger partial charge in [-0.15, -0.1) is 0 Å². The van der Waals surface area contributed by atoms with Crippen LogP contribution in [0.5, 0.6) is 11.5 Å². The molecule has 1 aromatic heterocycles. The smallest absolute Gasteiger partial charge is 0.259 e. The van der Waals surface area contributed by atoms with Crippen LogP contribution in [0.15, 0.2) is 90.2 Å². The Kier molecular flexibility index (Phi) is 6.07. The lowest BCUT2D eigenvalue weighted by molar-refractivity contribution is -0.118. The van der Waals surface area contributed by atoms with E-state index in [0.29, 0.717) is 24.2 Å². The summed E-state index contributed by atoms with van der Waals surface area (Å²) in [7, 11) is 0. The number of anilines is 2. The van der Waals surface area contributed by atoms with Crippen LogP contribution in [0.2, 0.25) is 0 Å². The minimum atomic E-state index is -0.674. The van der Waals surface area contributed by atoms with Gasteiger partial charge in [0.05, 0.1) is 5.57 Å². The SMILES string of the molecule is Nc1cc(Oc2ccc(NC(=O)C3=CCC=C(Cc4ccccc4)C3=O)cc2F)ccn1. The van der Waals surface area contributed by atoms with E-state index in [2.05, 4.69) is 10.3 Å². The van der Waals surface area contributed by atoms with Gasteiger partial charge in [-0.25, -0.2) is 9.37 Å². The van der Waals surface area contributed by atoms with Crippen molar-refractivity contribution in [1.82, 2.24) is 4.98 Å². The lowest BCUT2D eigenvalue weighted by Crippen LogP contribution is -2.24. The van der Waals surface area contributed by atoms with E-state index in [9.17, 15) is 14.0 Å². The van der Waals surface area contributed by atoms with Crippen molar-refractivity contribution in [2.24, 2.45) is 0 Å². The molecule has 0 saturated carbocycles. The molecule has 4 rings (SSSR count). The normalized spacial score (nSPS) is 13.2. The Morgan fingerprint density at radius 2 is 1.91 bits per heavy atom. The number of hydrogen-bond acceptors (Lipinski definition) is 5. The Bertz CT molecular complexity index is 1240. The maximum Gasteiger partial charge on any atom is 0.259 e. The highest BCUT2D eigenvalue weighted by molar-refractivity contribution is 6.29. The number of carbonyl (C=O) groups is 2. The summed E-state index contributed by atoms with van der Waals surface area (Å²) < 4.78 is 20.0. The van der Waals surface area contributed by atoms with Crippen molar-refractivity contribution in [2.45, 2.75) is 12.8 Å². The number of rotatable bonds is 6. The second kappa shape index (κ2) is 9.26. The third kappa shape index (κ3) is 4.89. The topological polar surface area (TPSA) is 94.3 Å². The summed E-state index contributed by atoms with van der Waals surface area (Å²) in [5.41, 5.74) is 7.41. The molecule has 2 aromatic carbocycles. The molecular weight excluding hydrogens is 409 g/mol. The highest BCUT2D eigenvalue weighted by atomic mass is 19.1. The van der Waals surface area contributed by atoms with E-state index in [1.54, 1.807) is 12.1 Å². The average Bonchev–Trinajstić information content (AvgIpc) is 2.78. The van der Waals surface area contributed by atoms with Crippen molar-refractivity contribution < 1.29 is 18.7 Å². The van der Waals surface area contributed by atoms with Crippen LogP contribution in [-0.2, 0) is 16.0 Å². The number of ketones is 1. The molecule has 7 heteroatoms. The molecule has 0 spiro atoms. The van der Waals surface area contributed by atoms with Crippen LogP contribution in [0.4, 0.5) is 15.9 Å². The Labute approximate surface area is 184 Å². The second-order valence-electron chi connectivity index (χ2n) is 7.19. The number of aromatic nitrogens is 1. The Balaban J connectivity index is 1.42. The Hall–Kier alpha value is -4.26. The van der Waals surface area contributed by atoms with E-state index in [1.807, 2.05) is 36.4 Å². The highest BCUT2D eigenvalue weighted by Crippen LogP contribution is 2.28. The van der Waals surface area contributed by atoms with Crippen LogP contribution in [0, 0.1) is 5.82 Å². The zero-order valence-electron chi connectivity index (χ0n) is 17.0. The van der Waals surface area contributed by atoms with Crippen LogP contribution in [0.3, 0.4) is 0 Å². The van der Waals surface area contributed by atoms with Crippen molar-refractivity contribution in [3.63, 3.8) is 0 Å². The number of allylic oxidation sites excluding steroid dienone is 3. The zero-order valence-corrected chi connectivity index (χ0v) is 17.0. The van der Waals surface area contributed by atoms with Gasteiger partial charge in [0.1, 0.15) is 11.6 Å². The van der Waals surface area contributed by atoms with Crippen molar-refractivity contribution in [2.75, 3.05) is 11.1 Å². The summed E-state index contributed by atoms with van der Waals surface area (Å²) in [5.74, 6) is -1.03. The standard InChI is InChI=1S/C25H20FN3O3/c26-21-14-18(9-10-22(21)32-19-11-12-28-23(27)15-19)29-25(31)20-8-4-7-17(24(20)30)13-16-5-2-1-3-6-16/h1-3,5-12,14-15H,4,13H2,(H2,27,28)(H,29,31). The van der Waals surface area contributed by atoms with Crippen LogP contribution < -0.4 is 15.8 Å². The molecule has 3 N–H and O–H groups in total. The predicted octanol–water partition coefficient (Wildman–Crippen LogP) is 4.60. The number of amides is 1. The first-order chi connectivity index (χ1) is 15.5. The number of nitrogens with one attached hydrogen (secondary N) is 1. The molecule has 0 atom stereocenters. The molecule has 1 aliphatic rings. The maximum atomic E-state index is 14.5. The fourth-order valence-electron chi connectivity index (χ4n) is 3.32. The van der Waals surface area contributed by atoms with E-state index in [-0.39, 0.29) is 28.6 Å². The number of nitrogens with zero attached hydrogens (tertiary/aromatic N) is 1. The summed E-state index contributed by atoms with van der Waals surface area (Å²) in [6, 6.07) is 16.6. The third-order valence-corrected chi connectivity index (χ3v) is 4.87. The number of hydrogen-bond donors (Lipinski definition) is 2. The Morgan fingerprint density at radius 1 is 1.09 bits per heavy atom. The summed E-state index contributed by atoms with van der Waals surface area (Å²) in [6.07, 6.45) is 5.78. The lowest BCUT2D eigenvalue weighted by atomic mass is 9.91. The number of nitrogens with two attached hydrogens (primary N) is 1. The van der Waals surface area contributed by atoms with Gasteiger partial charge in [0.15, 0.2) is 17.3 Å². The van der Waals surface area contributed by atoms with Gasteiger partial charge in [-0.2, -0.15) is 0 Å². The summed E-state index contributed by atoms with van der Waals surface area (Å²) in [6.45, 7) is 0. The van der Waals surface area contributed by atoms with Gasteiger partial charge in [0, 0.05) is 36.0 Å². The molecule has 3 aromatic rings. The number of benzene rings is 2. The van der Waals surface area contributed by atoms with Gasteiger partial charge in [-0.1, -0.05) is 42.5 Å². The number of nitrogen functional groups attached to an aromatic ring is 1. The molecule has 32 heavy (non-hydrogen) atoms. The van der Waals surface area contributed by atoms with Crippen molar-refractivity contribution >= 4 is 23.2 Å². The van der Waals surface area contributed by atoms with Gasteiger partial charge in [-0.05, 0) is 30.2 Å². The predicted molar refractivity (Wildman–Crippen MR) is 120 cm³/mol. The van der Waals surface area contributed by atoms with E-state index in [1.165, 1.54) is 24.4 Å². The maximum absolute atomic E-state index is 14.5. The first-order valence-electron chi connectivity index (χ1n) is 9.97. The van der Waals surface area contributed by atoms with Crippen molar-refractivity contribution in [3.8, 4) is 11.5 Å². The molecule has 0 radical (unpaired) electrons. The molecule has 0 unspecified atom stereocenters. The molecule has 160 valence electrons. The molecule has 0 saturated heterocycles. The van der Waals surface area contributed by atoms with E-state index in [4.69, 9.17) is 10.5 Å². The first-order valence-corrected chi connectivity index (χ1v) is 9.97. The number of pyridine rings is 1. The van der Waals surface area contributed by atoms with Gasteiger partial charge < -0.3 is 15.8 Å². The quantitative estimate of drug-likeness (QED) is 0.559. The first kappa shape index (κ1) is 21.0. The minimum Gasteiger partial charge on any atom is -0.454 e. The van der Waals surface area contributed by atoms with Crippen molar-refractivity contribution in [1.29, 1.82) is 0 Å². The molecule has 0 aliphatic heterocycles. The monoisotopic (exact) mass is 429 g/mol. The fourth-order valence-corrected chi connectivity index (χ4v) is 3.32. The summed E-state index contributed by atoms with van der Waals surface area (Å²) in [4.78, 5) is 29.4. The molecule has 0 bridgehead atoms. The Morgan fingerprint density at radius 3 is 2.66 bits per heavy atom. The average molecular weight is 429 g/mol. The number of ether oxygens (including phenoxy) is 1. The van der Waals surface area contributed by atoms with E-state index in [0.717, 1.165) is 11.6 Å². The minimum absolute atomic E-state index is 0.0327. The highest BCUT2D eigenvalue weighted by Gasteiger charge is 2.24. The molecule has 1 aliphatic carbocycles. The molecule has 0 fully saturated rings. The van der Waals surface area contributed by atoms with Crippen LogP contribution in [0.1, 0.15) is 12.0 Å². The molecular formula is C25H20FN3O3. The number of Topliss-reactive ketones (excluding diaryl/α,β-unsaturated/α-hetero) is 1. The van der Waals surface area contributed by atoms with Crippen molar-refractivity contribution in [3.05, 3.63) is 102 Å². The van der Waals surface area contributed by atoms with Gasteiger partial charge in [0.2, 0.25) is 0 Å². The molecule has 1 amide bonds. The van der Waals surface area contributed by atoms with Gasteiger partial charge >= 0.3 is 0 Å². The molecule has 6 nitrogen and oxygen atoms in total. The van der Waals surface area contributed by atoms with Gasteiger partial charge in [-0.3, -0.25) is 9.59 Å². The number of halogens is 1. The van der Waals surface area contributed by atoms with Crippen LogP contribution in [0.25, 0.3) is 0 Å². The largest absolute Gasteiger partial charge is 0.454 e. The number of carbonyl (C=O) groups excluding carboxylic acids is 2.